The first kappa shape index (κ1) is 15.1. The summed E-state index contributed by atoms with van der Waals surface area (Å²) in [7, 11) is 1.61. The van der Waals surface area contributed by atoms with E-state index in [1.54, 1.807) is 31.4 Å². The first-order valence-corrected chi connectivity index (χ1v) is 7.36. The van der Waals surface area contributed by atoms with Crippen LogP contribution in [-0.2, 0) is 5.60 Å². The summed E-state index contributed by atoms with van der Waals surface area (Å²) in [6.07, 6.45) is 0. The van der Waals surface area contributed by atoms with Crippen LogP contribution in [0.25, 0.3) is 0 Å². The van der Waals surface area contributed by atoms with Crippen molar-refractivity contribution >= 4 is 0 Å². The summed E-state index contributed by atoms with van der Waals surface area (Å²) < 4.78 is 5.19. The number of phenolic OH excluding ortho intramolecular Hbond substituents is 1. The Bertz CT molecular complexity index is 764. The summed E-state index contributed by atoms with van der Waals surface area (Å²) in [5, 5.41) is 21.1. The quantitative estimate of drug-likeness (QED) is 0.723. The van der Waals surface area contributed by atoms with Gasteiger partial charge in [0.05, 0.1) is 7.11 Å². The Balaban J connectivity index is 2.18. The molecule has 0 amide bonds. The monoisotopic (exact) mass is 306 g/mol. The van der Waals surface area contributed by atoms with E-state index < -0.39 is 5.60 Å². The molecule has 0 aliphatic carbocycles. The highest BCUT2D eigenvalue weighted by atomic mass is 16.5. The Morgan fingerprint density at radius 1 is 0.696 bits per heavy atom. The van der Waals surface area contributed by atoms with Gasteiger partial charge in [-0.05, 0) is 41.0 Å². The van der Waals surface area contributed by atoms with Crippen molar-refractivity contribution in [1.29, 1.82) is 0 Å². The van der Waals surface area contributed by atoms with Gasteiger partial charge in [0, 0.05) is 0 Å². The van der Waals surface area contributed by atoms with E-state index in [0.717, 1.165) is 16.9 Å². The highest BCUT2D eigenvalue weighted by Crippen LogP contribution is 2.37. The number of methoxy groups -OCH3 is 1. The zero-order chi connectivity index (χ0) is 16.3. The molecule has 3 nitrogen and oxygen atoms in total. The second kappa shape index (κ2) is 6.15. The fourth-order valence-electron chi connectivity index (χ4n) is 2.71. The van der Waals surface area contributed by atoms with Gasteiger partial charge in [-0.2, -0.15) is 0 Å². The molecule has 1 atom stereocenters. The van der Waals surface area contributed by atoms with Gasteiger partial charge in [-0.3, -0.25) is 0 Å². The van der Waals surface area contributed by atoms with Gasteiger partial charge in [0.25, 0.3) is 0 Å². The van der Waals surface area contributed by atoms with Gasteiger partial charge in [0.15, 0.2) is 0 Å². The molecule has 0 saturated heterocycles. The van der Waals surface area contributed by atoms with E-state index in [2.05, 4.69) is 0 Å². The zero-order valence-electron chi connectivity index (χ0n) is 12.8. The minimum absolute atomic E-state index is 0.166. The molecule has 0 saturated carbocycles. The SMILES string of the molecule is COc1ccc(C(O)(c2ccccc2)c2ccc(O)cc2)cc1. The molecular formula is C20H18O3. The van der Waals surface area contributed by atoms with Gasteiger partial charge < -0.3 is 14.9 Å². The van der Waals surface area contributed by atoms with Crippen molar-refractivity contribution in [2.75, 3.05) is 7.11 Å². The second-order valence-electron chi connectivity index (χ2n) is 5.35. The molecule has 0 aromatic heterocycles. The van der Waals surface area contributed by atoms with E-state index in [-0.39, 0.29) is 5.75 Å². The van der Waals surface area contributed by atoms with Crippen LogP contribution in [-0.4, -0.2) is 17.3 Å². The average Bonchev–Trinajstić information content (AvgIpc) is 2.62. The molecule has 0 spiro atoms. The number of phenols is 1. The molecule has 0 aliphatic rings. The summed E-state index contributed by atoms with van der Waals surface area (Å²) in [5.74, 6) is 0.897. The molecule has 0 fully saturated rings. The maximum Gasteiger partial charge on any atom is 0.140 e. The summed E-state index contributed by atoms with van der Waals surface area (Å²) >= 11 is 0. The third-order valence-corrected chi connectivity index (χ3v) is 3.98. The number of benzene rings is 3. The molecule has 0 bridgehead atoms. The molecule has 0 heterocycles. The van der Waals surface area contributed by atoms with E-state index >= 15 is 0 Å². The number of hydrogen-bond donors (Lipinski definition) is 2. The van der Waals surface area contributed by atoms with Crippen LogP contribution in [0.5, 0.6) is 11.5 Å². The molecule has 1 unspecified atom stereocenters. The Morgan fingerprint density at radius 2 is 1.17 bits per heavy atom. The summed E-state index contributed by atoms with van der Waals surface area (Å²) in [4.78, 5) is 0. The molecule has 0 aliphatic heterocycles. The molecule has 0 radical (unpaired) electrons. The third kappa shape index (κ3) is 2.79. The molecule has 2 N–H and O–H groups in total. The van der Waals surface area contributed by atoms with Crippen LogP contribution in [0.15, 0.2) is 78.9 Å². The van der Waals surface area contributed by atoms with Crippen molar-refractivity contribution < 1.29 is 14.9 Å². The lowest BCUT2D eigenvalue weighted by atomic mass is 9.80. The predicted molar refractivity (Wildman–Crippen MR) is 89.6 cm³/mol. The molecule has 23 heavy (non-hydrogen) atoms. The Morgan fingerprint density at radius 3 is 1.70 bits per heavy atom. The number of aliphatic hydroxyl groups is 1. The molecule has 3 rings (SSSR count). The van der Waals surface area contributed by atoms with Gasteiger partial charge in [-0.1, -0.05) is 54.6 Å². The number of rotatable bonds is 4. The lowest BCUT2D eigenvalue weighted by Gasteiger charge is -2.30. The molecule has 116 valence electrons. The van der Waals surface area contributed by atoms with Crippen molar-refractivity contribution in [1.82, 2.24) is 0 Å². The number of ether oxygens (including phenoxy) is 1. The van der Waals surface area contributed by atoms with Crippen LogP contribution < -0.4 is 4.74 Å². The van der Waals surface area contributed by atoms with Gasteiger partial charge in [-0.25, -0.2) is 0 Å². The summed E-state index contributed by atoms with van der Waals surface area (Å²) in [6.45, 7) is 0. The van der Waals surface area contributed by atoms with Gasteiger partial charge in [0.2, 0.25) is 0 Å². The minimum Gasteiger partial charge on any atom is -0.508 e. The Hall–Kier alpha value is -2.78. The average molecular weight is 306 g/mol. The number of aromatic hydroxyl groups is 1. The Labute approximate surface area is 135 Å². The second-order valence-corrected chi connectivity index (χ2v) is 5.35. The van der Waals surface area contributed by atoms with E-state index in [1.807, 2.05) is 54.6 Å². The Kier molecular flexibility index (Phi) is 4.04. The first-order valence-electron chi connectivity index (χ1n) is 7.36. The maximum absolute atomic E-state index is 11.6. The largest absolute Gasteiger partial charge is 0.508 e. The molecule has 3 aromatic carbocycles. The van der Waals surface area contributed by atoms with Crippen molar-refractivity contribution in [3.63, 3.8) is 0 Å². The van der Waals surface area contributed by atoms with Crippen LogP contribution in [0.4, 0.5) is 0 Å². The summed E-state index contributed by atoms with van der Waals surface area (Å²) in [5.41, 5.74) is 0.874. The standard InChI is InChI=1S/C20H18O3/c1-23-19-13-9-17(10-14-19)20(22,15-5-3-2-4-6-15)16-7-11-18(21)12-8-16/h2-14,21-22H,1H3. The highest BCUT2D eigenvalue weighted by Gasteiger charge is 2.33. The van der Waals surface area contributed by atoms with E-state index in [4.69, 9.17) is 4.74 Å². The van der Waals surface area contributed by atoms with E-state index in [9.17, 15) is 10.2 Å². The minimum atomic E-state index is -1.30. The van der Waals surface area contributed by atoms with Gasteiger partial charge >= 0.3 is 0 Å². The van der Waals surface area contributed by atoms with Crippen LogP contribution in [0.1, 0.15) is 16.7 Å². The van der Waals surface area contributed by atoms with Crippen LogP contribution in [0, 0.1) is 0 Å². The van der Waals surface area contributed by atoms with Crippen molar-refractivity contribution in [2.45, 2.75) is 5.60 Å². The predicted octanol–water partition coefficient (Wildman–Crippen LogP) is 3.69. The van der Waals surface area contributed by atoms with Crippen molar-refractivity contribution in [3.8, 4) is 11.5 Å². The molecular weight excluding hydrogens is 288 g/mol. The molecule has 3 heteroatoms. The van der Waals surface area contributed by atoms with Crippen LogP contribution in [0.2, 0.25) is 0 Å². The normalized spacial score (nSPS) is 13.3. The van der Waals surface area contributed by atoms with Gasteiger partial charge in [-0.15, -0.1) is 0 Å². The number of hydrogen-bond acceptors (Lipinski definition) is 3. The van der Waals surface area contributed by atoms with E-state index in [0.29, 0.717) is 5.56 Å². The van der Waals surface area contributed by atoms with Crippen LogP contribution >= 0.6 is 0 Å². The van der Waals surface area contributed by atoms with E-state index in [1.165, 1.54) is 0 Å². The van der Waals surface area contributed by atoms with Gasteiger partial charge in [0.1, 0.15) is 17.1 Å². The fraction of sp³-hybridized carbons (Fsp3) is 0.100. The summed E-state index contributed by atoms with van der Waals surface area (Å²) in [6, 6.07) is 23.4. The first-order chi connectivity index (χ1) is 11.1. The van der Waals surface area contributed by atoms with Crippen molar-refractivity contribution in [2.24, 2.45) is 0 Å². The topological polar surface area (TPSA) is 49.7 Å². The van der Waals surface area contributed by atoms with Crippen LogP contribution in [0.3, 0.4) is 0 Å². The fourth-order valence-corrected chi connectivity index (χ4v) is 2.71. The molecule has 3 aromatic rings. The van der Waals surface area contributed by atoms with Crippen molar-refractivity contribution in [3.05, 3.63) is 95.6 Å². The third-order valence-electron chi connectivity index (χ3n) is 3.98. The smallest absolute Gasteiger partial charge is 0.140 e. The lowest BCUT2D eigenvalue weighted by molar-refractivity contribution is 0.125. The maximum atomic E-state index is 11.6. The zero-order valence-corrected chi connectivity index (χ0v) is 12.8. The lowest BCUT2D eigenvalue weighted by Crippen LogP contribution is -2.28. The highest BCUT2D eigenvalue weighted by molar-refractivity contribution is 5.48.